The Morgan fingerprint density at radius 2 is 1.94 bits per heavy atom. The summed E-state index contributed by atoms with van der Waals surface area (Å²) in [6, 6.07) is 10.7. The van der Waals surface area contributed by atoms with E-state index in [1.165, 1.54) is 6.20 Å². The molecule has 0 aliphatic heterocycles. The van der Waals surface area contributed by atoms with Gasteiger partial charge in [-0.25, -0.2) is 0 Å². The molecule has 1 amide bonds. The van der Waals surface area contributed by atoms with Crippen LogP contribution in [0.1, 0.15) is 42.6 Å². The lowest BCUT2D eigenvalue weighted by molar-refractivity contribution is -0.189. The van der Waals surface area contributed by atoms with Crippen LogP contribution in [0.4, 0.5) is 13.2 Å². The van der Waals surface area contributed by atoms with Gasteiger partial charge in [0.25, 0.3) is 5.91 Å². The zero-order valence-corrected chi connectivity index (χ0v) is 17.4. The maximum atomic E-state index is 12.9. The number of nitrogens with one attached hydrogen (secondary N) is 1. The van der Waals surface area contributed by atoms with Gasteiger partial charge in [0.15, 0.2) is 6.10 Å². The van der Waals surface area contributed by atoms with Gasteiger partial charge < -0.3 is 10.1 Å². The van der Waals surface area contributed by atoms with E-state index in [9.17, 15) is 18.0 Å². The minimum atomic E-state index is -4.50. The molecule has 162 valence electrons. The van der Waals surface area contributed by atoms with E-state index in [1.54, 1.807) is 24.3 Å². The van der Waals surface area contributed by atoms with Gasteiger partial charge in [-0.15, -0.1) is 5.10 Å². The van der Waals surface area contributed by atoms with Crippen LogP contribution in [0, 0.1) is 6.92 Å². The Labute approximate surface area is 177 Å². The van der Waals surface area contributed by atoms with Crippen LogP contribution in [-0.4, -0.2) is 33.9 Å². The highest BCUT2D eigenvalue weighted by Crippen LogP contribution is 2.35. The van der Waals surface area contributed by atoms with Crippen molar-refractivity contribution in [2.24, 2.45) is 0 Å². The van der Waals surface area contributed by atoms with Crippen molar-refractivity contribution in [2.75, 3.05) is 0 Å². The summed E-state index contributed by atoms with van der Waals surface area (Å²) in [5.41, 5.74) is 3.09. The van der Waals surface area contributed by atoms with E-state index in [0.717, 1.165) is 36.5 Å². The van der Waals surface area contributed by atoms with E-state index in [4.69, 9.17) is 4.74 Å². The first-order chi connectivity index (χ1) is 14.6. The van der Waals surface area contributed by atoms with Crippen LogP contribution in [0.25, 0.3) is 21.9 Å². The predicted octanol–water partition coefficient (Wildman–Crippen LogP) is 5.22. The molecular formula is C23H22F3N3O2. The van der Waals surface area contributed by atoms with E-state index in [0.29, 0.717) is 16.3 Å². The predicted molar refractivity (Wildman–Crippen MR) is 111 cm³/mol. The molecule has 2 aromatic carbocycles. The first-order valence-electron chi connectivity index (χ1n) is 9.98. The monoisotopic (exact) mass is 429 g/mol. The molecule has 1 atom stereocenters. The van der Waals surface area contributed by atoms with Crippen LogP contribution in [0.2, 0.25) is 0 Å². The summed E-state index contributed by atoms with van der Waals surface area (Å²) in [6.45, 7) is 4.88. The number of nitrogens with zero attached hydrogens (tertiary/aromatic N) is 2. The molecule has 0 bridgehead atoms. The highest BCUT2D eigenvalue weighted by molar-refractivity contribution is 5.97. The maximum Gasteiger partial charge on any atom is 0.425 e. The van der Waals surface area contributed by atoms with Gasteiger partial charge in [0, 0.05) is 21.9 Å². The van der Waals surface area contributed by atoms with E-state index in [-0.39, 0.29) is 17.3 Å². The zero-order chi connectivity index (χ0) is 22.4. The summed E-state index contributed by atoms with van der Waals surface area (Å²) >= 11 is 0. The Hall–Kier alpha value is -3.16. The molecular weight excluding hydrogens is 407 g/mol. The lowest BCUT2D eigenvalue weighted by Crippen LogP contribution is -2.34. The van der Waals surface area contributed by atoms with Gasteiger partial charge >= 0.3 is 6.18 Å². The number of hydrogen-bond acceptors (Lipinski definition) is 4. The molecule has 1 saturated carbocycles. The van der Waals surface area contributed by atoms with Crippen LogP contribution >= 0.6 is 0 Å². The second-order valence-corrected chi connectivity index (χ2v) is 8.30. The number of halogens is 3. The Bertz CT molecular complexity index is 1160. The summed E-state index contributed by atoms with van der Waals surface area (Å²) in [5.74, 6) is -0.291. The fourth-order valence-corrected chi connectivity index (χ4v) is 3.28. The SMILES string of the molecule is Cc1ccc(C(=O)NC2(C)CC2)cc1-c1ccc2c(O[C@H](C)C(F)(F)F)nncc2c1. The van der Waals surface area contributed by atoms with Crippen molar-refractivity contribution >= 4 is 16.7 Å². The van der Waals surface area contributed by atoms with E-state index in [1.807, 2.05) is 26.0 Å². The second-order valence-electron chi connectivity index (χ2n) is 8.30. The minimum absolute atomic E-state index is 0.117. The molecule has 0 spiro atoms. The second kappa shape index (κ2) is 7.51. The van der Waals surface area contributed by atoms with Gasteiger partial charge in [-0.1, -0.05) is 12.1 Å². The molecule has 1 heterocycles. The molecule has 0 unspecified atom stereocenters. The molecule has 0 saturated heterocycles. The van der Waals surface area contributed by atoms with Crippen LogP contribution < -0.4 is 10.1 Å². The van der Waals surface area contributed by atoms with Crippen LogP contribution in [0.5, 0.6) is 5.88 Å². The number of ether oxygens (including phenoxy) is 1. The Balaban J connectivity index is 1.67. The van der Waals surface area contributed by atoms with E-state index >= 15 is 0 Å². The Morgan fingerprint density at radius 3 is 2.61 bits per heavy atom. The largest absolute Gasteiger partial charge is 0.463 e. The van der Waals surface area contributed by atoms with Gasteiger partial charge in [0.05, 0.1) is 6.20 Å². The molecule has 3 aromatic rings. The fraction of sp³-hybridized carbons (Fsp3) is 0.348. The van der Waals surface area contributed by atoms with Crippen LogP contribution in [0.15, 0.2) is 42.6 Å². The smallest absolute Gasteiger partial charge is 0.425 e. The van der Waals surface area contributed by atoms with Gasteiger partial charge in [0.2, 0.25) is 5.88 Å². The summed E-state index contributed by atoms with van der Waals surface area (Å²) in [7, 11) is 0. The standard InChI is InChI=1S/C23H22F3N3O2/c1-13-4-5-16(20(30)28-22(3)8-9-22)11-19(13)15-6-7-18-17(10-15)12-27-29-21(18)31-14(2)23(24,25)26/h4-7,10-12,14H,8-9H2,1-3H3,(H,28,30)/t14-/m1/s1. The number of fused-ring (bicyclic) bond motifs is 1. The maximum absolute atomic E-state index is 12.9. The highest BCUT2D eigenvalue weighted by atomic mass is 19.4. The third-order valence-corrected chi connectivity index (χ3v) is 5.60. The molecule has 0 radical (unpaired) electrons. The number of alkyl halides is 3. The van der Waals surface area contributed by atoms with Gasteiger partial charge in [-0.3, -0.25) is 4.79 Å². The minimum Gasteiger partial charge on any atom is -0.463 e. The number of carbonyl (C=O) groups excluding carboxylic acids is 1. The molecule has 5 nitrogen and oxygen atoms in total. The average Bonchev–Trinajstić information content (AvgIpc) is 3.43. The first-order valence-corrected chi connectivity index (χ1v) is 9.98. The Morgan fingerprint density at radius 1 is 1.19 bits per heavy atom. The molecule has 1 aromatic heterocycles. The van der Waals surface area contributed by atoms with Crippen molar-refractivity contribution in [3.8, 4) is 17.0 Å². The lowest BCUT2D eigenvalue weighted by atomic mass is 9.96. The molecule has 8 heteroatoms. The van der Waals surface area contributed by atoms with Crippen molar-refractivity contribution in [3.05, 3.63) is 53.7 Å². The molecule has 1 fully saturated rings. The zero-order valence-electron chi connectivity index (χ0n) is 17.4. The van der Waals surface area contributed by atoms with Crippen molar-refractivity contribution < 1.29 is 22.7 Å². The van der Waals surface area contributed by atoms with Crippen molar-refractivity contribution in [1.29, 1.82) is 0 Å². The fourth-order valence-electron chi connectivity index (χ4n) is 3.28. The summed E-state index contributed by atoms with van der Waals surface area (Å²) in [4.78, 5) is 12.6. The Kier molecular flexibility index (Phi) is 5.11. The number of carbonyl (C=O) groups is 1. The number of amides is 1. The third-order valence-electron chi connectivity index (χ3n) is 5.60. The molecule has 4 rings (SSSR count). The van der Waals surface area contributed by atoms with E-state index < -0.39 is 12.3 Å². The topological polar surface area (TPSA) is 64.1 Å². The van der Waals surface area contributed by atoms with Gasteiger partial charge in [-0.2, -0.15) is 18.3 Å². The number of aromatic nitrogens is 2. The first kappa shape index (κ1) is 21.1. The van der Waals surface area contributed by atoms with Crippen molar-refractivity contribution in [3.63, 3.8) is 0 Å². The molecule has 1 N–H and O–H groups in total. The lowest BCUT2D eigenvalue weighted by Gasteiger charge is -2.17. The average molecular weight is 429 g/mol. The highest BCUT2D eigenvalue weighted by Gasteiger charge is 2.39. The quantitative estimate of drug-likeness (QED) is 0.604. The number of aryl methyl sites for hydroxylation is 1. The van der Waals surface area contributed by atoms with E-state index in [2.05, 4.69) is 15.5 Å². The number of rotatable bonds is 5. The van der Waals surface area contributed by atoms with Gasteiger partial charge in [0.1, 0.15) is 0 Å². The number of hydrogen-bond donors (Lipinski definition) is 1. The molecule has 1 aliphatic rings. The van der Waals surface area contributed by atoms with Crippen molar-refractivity contribution in [2.45, 2.75) is 51.4 Å². The summed E-state index contributed by atoms with van der Waals surface area (Å²) < 4.78 is 43.6. The molecule has 31 heavy (non-hydrogen) atoms. The van der Waals surface area contributed by atoms with Crippen LogP contribution in [-0.2, 0) is 0 Å². The molecule has 1 aliphatic carbocycles. The normalized spacial score (nSPS) is 16.1. The summed E-state index contributed by atoms with van der Waals surface area (Å²) in [6.07, 6.45) is -3.08. The van der Waals surface area contributed by atoms with Crippen LogP contribution in [0.3, 0.4) is 0 Å². The number of benzene rings is 2. The van der Waals surface area contributed by atoms with Crippen molar-refractivity contribution in [1.82, 2.24) is 15.5 Å². The van der Waals surface area contributed by atoms with Gasteiger partial charge in [-0.05, 0) is 74.6 Å². The third kappa shape index (κ3) is 4.47. The summed E-state index contributed by atoms with van der Waals surface area (Å²) in [5, 5.41) is 11.6.